The number of rotatable bonds is 5. The molecule has 6 nitrogen and oxygen atoms in total. The number of benzene rings is 1. The molecule has 0 radical (unpaired) electrons. The average Bonchev–Trinajstić information content (AvgIpc) is 3.44. The monoisotopic (exact) mass is 481 g/mol. The lowest BCUT2D eigenvalue weighted by Gasteiger charge is -2.27. The van der Waals surface area contributed by atoms with Gasteiger partial charge in [-0.3, -0.25) is 9.59 Å². The first-order valence-electron chi connectivity index (χ1n) is 9.80. The average molecular weight is 482 g/mol. The van der Waals surface area contributed by atoms with Gasteiger partial charge in [0.15, 0.2) is 0 Å². The Hall–Kier alpha value is -2.06. The van der Waals surface area contributed by atoms with Gasteiger partial charge in [-0.15, -0.1) is 11.3 Å². The summed E-state index contributed by atoms with van der Waals surface area (Å²) in [5, 5.41) is 13.6. The number of hydrogen-bond donors (Lipinski definition) is 1. The maximum absolute atomic E-state index is 13.1. The molecule has 3 heterocycles. The van der Waals surface area contributed by atoms with Crippen molar-refractivity contribution in [1.29, 1.82) is 0 Å². The summed E-state index contributed by atoms with van der Waals surface area (Å²) in [6.45, 7) is 2.82. The van der Waals surface area contributed by atoms with Gasteiger partial charge in [-0.25, -0.2) is 0 Å². The van der Waals surface area contributed by atoms with Crippen LogP contribution in [0, 0.1) is 6.92 Å². The van der Waals surface area contributed by atoms with Crippen LogP contribution in [0.5, 0.6) is 5.75 Å². The highest BCUT2D eigenvalue weighted by Crippen LogP contribution is 2.45. The molecular weight excluding hydrogens is 461 g/mol. The highest BCUT2D eigenvalue weighted by molar-refractivity contribution is 7.10. The zero-order chi connectivity index (χ0) is 22.3. The van der Waals surface area contributed by atoms with Crippen LogP contribution in [0.25, 0.3) is 5.76 Å². The van der Waals surface area contributed by atoms with Crippen molar-refractivity contribution in [3.05, 3.63) is 55.2 Å². The van der Waals surface area contributed by atoms with Crippen molar-refractivity contribution < 1.29 is 24.2 Å². The van der Waals surface area contributed by atoms with Crippen LogP contribution >= 0.6 is 34.5 Å². The van der Waals surface area contributed by atoms with E-state index in [1.807, 2.05) is 18.4 Å². The Labute approximate surface area is 194 Å². The minimum Gasteiger partial charge on any atom is -0.507 e. The lowest BCUT2D eigenvalue weighted by Crippen LogP contribution is -2.36. The Morgan fingerprint density at radius 2 is 2.13 bits per heavy atom. The smallest absolute Gasteiger partial charge is 0.295 e. The Bertz CT molecular complexity index is 1070. The molecule has 0 spiro atoms. The number of hydrogen-bond acceptors (Lipinski definition) is 6. The molecule has 2 saturated heterocycles. The zero-order valence-electron chi connectivity index (χ0n) is 17.0. The minimum atomic E-state index is -0.758. The van der Waals surface area contributed by atoms with Crippen molar-refractivity contribution in [2.75, 3.05) is 20.3 Å². The quantitative estimate of drug-likeness (QED) is 0.370. The Morgan fingerprint density at radius 1 is 1.35 bits per heavy atom. The van der Waals surface area contributed by atoms with Gasteiger partial charge >= 0.3 is 0 Å². The third-order valence-corrected chi connectivity index (χ3v) is 7.15. The summed E-state index contributed by atoms with van der Waals surface area (Å²) < 4.78 is 11.1. The van der Waals surface area contributed by atoms with Crippen molar-refractivity contribution in [2.45, 2.75) is 31.9 Å². The number of carbonyl (C=O) groups excluding carboxylic acids is 2. The van der Waals surface area contributed by atoms with Crippen LogP contribution in [-0.2, 0) is 14.3 Å². The fourth-order valence-electron chi connectivity index (χ4n) is 4.10. The van der Waals surface area contributed by atoms with Crippen molar-refractivity contribution in [3.63, 3.8) is 0 Å². The van der Waals surface area contributed by atoms with E-state index in [4.69, 9.17) is 32.7 Å². The number of amides is 1. The molecule has 2 aliphatic rings. The zero-order valence-corrected chi connectivity index (χ0v) is 19.3. The van der Waals surface area contributed by atoms with E-state index in [2.05, 4.69) is 0 Å². The predicted octanol–water partition coefficient (Wildman–Crippen LogP) is 4.97. The lowest BCUT2D eigenvalue weighted by molar-refractivity contribution is -0.140. The second-order valence-electron chi connectivity index (χ2n) is 7.52. The normalized spacial score (nSPS) is 23.0. The number of carbonyl (C=O) groups is 2. The van der Waals surface area contributed by atoms with Crippen molar-refractivity contribution >= 4 is 52.0 Å². The molecule has 1 amide bonds. The van der Waals surface area contributed by atoms with Gasteiger partial charge in [0.05, 0.1) is 35.4 Å². The van der Waals surface area contributed by atoms with E-state index < -0.39 is 17.7 Å². The van der Waals surface area contributed by atoms with E-state index in [1.165, 1.54) is 35.5 Å². The third-order valence-electron chi connectivity index (χ3n) is 5.58. The number of nitrogens with zero attached hydrogens (tertiary/aromatic N) is 1. The van der Waals surface area contributed by atoms with Gasteiger partial charge in [-0.2, -0.15) is 0 Å². The molecule has 2 aliphatic heterocycles. The van der Waals surface area contributed by atoms with E-state index in [0.29, 0.717) is 6.61 Å². The van der Waals surface area contributed by atoms with Crippen molar-refractivity contribution in [3.8, 4) is 5.75 Å². The first-order valence-corrected chi connectivity index (χ1v) is 11.4. The van der Waals surface area contributed by atoms with E-state index in [9.17, 15) is 14.7 Å². The third kappa shape index (κ3) is 3.96. The number of Topliss-reactive ketones (excluding diaryl/α,β-unsaturated/α-hetero) is 1. The van der Waals surface area contributed by atoms with Crippen LogP contribution in [0.1, 0.15) is 34.9 Å². The second kappa shape index (κ2) is 8.82. The van der Waals surface area contributed by atoms with Gasteiger partial charge in [0.1, 0.15) is 11.5 Å². The molecule has 0 bridgehead atoms. The van der Waals surface area contributed by atoms with Crippen LogP contribution in [0.4, 0.5) is 0 Å². The number of aryl methyl sites for hydroxylation is 1. The van der Waals surface area contributed by atoms with Gasteiger partial charge in [0.2, 0.25) is 0 Å². The lowest BCUT2D eigenvalue weighted by atomic mass is 9.97. The molecule has 2 unspecified atom stereocenters. The number of likely N-dealkylation sites (tertiary alicyclic amines) is 1. The summed E-state index contributed by atoms with van der Waals surface area (Å²) in [4.78, 5) is 28.5. The van der Waals surface area contributed by atoms with E-state index >= 15 is 0 Å². The van der Waals surface area contributed by atoms with Crippen molar-refractivity contribution in [1.82, 2.24) is 4.90 Å². The highest BCUT2D eigenvalue weighted by atomic mass is 35.5. The molecule has 4 rings (SSSR count). The summed E-state index contributed by atoms with van der Waals surface area (Å²) in [6, 6.07) is 4.14. The highest BCUT2D eigenvalue weighted by Gasteiger charge is 2.48. The molecule has 164 valence electrons. The number of halogens is 2. The van der Waals surface area contributed by atoms with Crippen LogP contribution in [-0.4, -0.2) is 48.1 Å². The number of methoxy groups -OCH3 is 1. The number of thiophene rings is 1. The number of ether oxygens (including phenoxy) is 2. The number of aliphatic hydroxyl groups excluding tert-OH is 1. The second-order valence-corrected chi connectivity index (χ2v) is 9.31. The van der Waals surface area contributed by atoms with Crippen LogP contribution < -0.4 is 4.74 Å². The summed E-state index contributed by atoms with van der Waals surface area (Å²) >= 11 is 13.8. The molecule has 0 aliphatic carbocycles. The summed E-state index contributed by atoms with van der Waals surface area (Å²) in [5.74, 6) is -1.61. The first kappa shape index (κ1) is 22.1. The molecule has 2 aromatic rings. The van der Waals surface area contributed by atoms with Gasteiger partial charge in [0.25, 0.3) is 11.7 Å². The predicted molar refractivity (Wildman–Crippen MR) is 120 cm³/mol. The molecule has 1 aromatic heterocycles. The van der Waals surface area contributed by atoms with E-state index in [1.54, 1.807) is 0 Å². The minimum absolute atomic E-state index is 0.00909. The summed E-state index contributed by atoms with van der Waals surface area (Å²) in [5.41, 5.74) is 1.08. The molecule has 0 saturated carbocycles. The summed E-state index contributed by atoms with van der Waals surface area (Å²) in [6.07, 6.45) is 1.59. The fourth-order valence-corrected chi connectivity index (χ4v) is 5.72. The van der Waals surface area contributed by atoms with Crippen LogP contribution in [0.3, 0.4) is 0 Å². The molecule has 31 heavy (non-hydrogen) atoms. The number of aliphatic hydroxyl groups is 1. The SMILES string of the molecule is COc1c(Cl)cc(Cl)cc1/C(O)=C1\C(=O)C(=O)N(CC2CCCO2)C1c1sccc1C. The molecular formula is C22H21Cl2NO5S. The van der Waals surface area contributed by atoms with Gasteiger partial charge in [0, 0.05) is 23.1 Å². The van der Waals surface area contributed by atoms with Gasteiger partial charge < -0.3 is 19.5 Å². The van der Waals surface area contributed by atoms with E-state index in [0.717, 1.165) is 23.3 Å². The van der Waals surface area contributed by atoms with Crippen molar-refractivity contribution in [2.24, 2.45) is 0 Å². The van der Waals surface area contributed by atoms with Gasteiger partial charge in [-0.05, 0) is 48.9 Å². The summed E-state index contributed by atoms with van der Waals surface area (Å²) in [7, 11) is 1.41. The van der Waals surface area contributed by atoms with E-state index in [-0.39, 0.29) is 45.3 Å². The Kier molecular flexibility index (Phi) is 6.30. The Morgan fingerprint density at radius 3 is 2.74 bits per heavy atom. The molecule has 1 aromatic carbocycles. The van der Waals surface area contributed by atoms with Gasteiger partial charge in [-0.1, -0.05) is 23.2 Å². The number of ketones is 1. The topological polar surface area (TPSA) is 76.1 Å². The molecule has 2 atom stereocenters. The maximum atomic E-state index is 13.1. The Balaban J connectivity index is 1.89. The molecule has 9 heteroatoms. The standard InChI is InChI=1S/C22H21Cl2NO5S/c1-11-5-7-31-21(11)17-16(18(26)14-8-12(23)9-15(24)20(14)29-2)19(27)22(28)25(17)10-13-4-3-6-30-13/h5,7-9,13,17,26H,3-4,6,10H2,1-2H3/b18-16+. The van der Waals surface area contributed by atoms with Crippen LogP contribution in [0.2, 0.25) is 10.0 Å². The maximum Gasteiger partial charge on any atom is 0.295 e. The fraction of sp³-hybridized carbons (Fsp3) is 0.364. The molecule has 2 fully saturated rings. The molecule has 1 N–H and O–H groups in total. The largest absolute Gasteiger partial charge is 0.507 e. The van der Waals surface area contributed by atoms with Crippen LogP contribution in [0.15, 0.2) is 29.2 Å². The first-order chi connectivity index (χ1) is 14.8.